The van der Waals surface area contributed by atoms with Crippen LogP contribution in [-0.4, -0.2) is 23.7 Å². The van der Waals surface area contributed by atoms with Crippen molar-refractivity contribution in [2.75, 3.05) is 6.61 Å². The molecule has 5 nitrogen and oxygen atoms in total. The summed E-state index contributed by atoms with van der Waals surface area (Å²) < 4.78 is 4.94. The summed E-state index contributed by atoms with van der Waals surface area (Å²) in [4.78, 5) is 28.7. The molecule has 0 unspecified atom stereocenters. The van der Waals surface area contributed by atoms with Crippen molar-refractivity contribution < 1.29 is 14.3 Å². The minimum absolute atomic E-state index is 0.280. The molecule has 1 N–H and O–H groups in total. The number of hydrogen-bond donors (Lipinski definition) is 1. The van der Waals surface area contributed by atoms with E-state index in [9.17, 15) is 9.59 Å². The molecule has 1 heterocycles. The highest BCUT2D eigenvalue weighted by molar-refractivity contribution is 8.18. The normalized spacial score (nSPS) is 16.6. The highest BCUT2D eigenvalue weighted by Crippen LogP contribution is 2.32. The van der Waals surface area contributed by atoms with Crippen LogP contribution < -0.4 is 5.32 Å². The molecule has 0 spiro atoms. The number of nitrogens with one attached hydrogen (secondary N) is 1. The second-order valence-corrected chi connectivity index (χ2v) is 7.23. The molecule has 0 atom stereocenters. The Kier molecular flexibility index (Phi) is 6.21. The van der Waals surface area contributed by atoms with Gasteiger partial charge in [-0.2, -0.15) is 0 Å². The third-order valence-corrected chi connectivity index (χ3v) is 5.10. The van der Waals surface area contributed by atoms with Gasteiger partial charge in [-0.25, -0.2) is 9.79 Å². The highest BCUT2D eigenvalue weighted by Gasteiger charge is 2.24. The number of esters is 1. The maximum Gasteiger partial charge on any atom is 0.338 e. The number of carbonyl (C=O) groups is 2. The molecule has 1 amide bonds. The first-order valence-corrected chi connectivity index (χ1v) is 9.56. The molecule has 3 rings (SSSR count). The summed E-state index contributed by atoms with van der Waals surface area (Å²) in [5.41, 5.74) is 1.62. The van der Waals surface area contributed by atoms with Gasteiger partial charge in [-0.3, -0.25) is 4.79 Å². The Balaban J connectivity index is 1.79. The van der Waals surface area contributed by atoms with Crippen molar-refractivity contribution in [3.05, 3.63) is 68.5 Å². The zero-order valence-electron chi connectivity index (χ0n) is 14.2. The maximum atomic E-state index is 12.2. The van der Waals surface area contributed by atoms with Crippen LogP contribution in [0.5, 0.6) is 0 Å². The van der Waals surface area contributed by atoms with Gasteiger partial charge in [0.05, 0.1) is 22.8 Å². The average Bonchev–Trinajstić information content (AvgIpc) is 2.98. The summed E-state index contributed by atoms with van der Waals surface area (Å²) in [5, 5.41) is 4.05. The number of halogens is 2. The lowest BCUT2D eigenvalue weighted by Gasteiger charge is -2.02. The minimum Gasteiger partial charge on any atom is -0.462 e. The van der Waals surface area contributed by atoms with Gasteiger partial charge in [-0.1, -0.05) is 29.3 Å². The van der Waals surface area contributed by atoms with Gasteiger partial charge in [0, 0.05) is 15.6 Å². The van der Waals surface area contributed by atoms with Crippen LogP contribution in [0, 0.1) is 0 Å². The standard InChI is InChI=1S/C19H14Cl2N2O3S/c1-2-26-18(25)11-6-8-12(9-7-11)22-19-23-17(24)16(27-19)10-13-14(20)4-3-5-15(13)21/h3-10H,2H2,1H3,(H,22,23,24)/b16-10-. The van der Waals surface area contributed by atoms with E-state index in [2.05, 4.69) is 10.3 Å². The Labute approximate surface area is 170 Å². The first-order chi connectivity index (χ1) is 13.0. The largest absolute Gasteiger partial charge is 0.462 e. The molecule has 0 saturated carbocycles. The van der Waals surface area contributed by atoms with Crippen molar-refractivity contribution in [2.45, 2.75) is 6.92 Å². The number of aliphatic imine (C=N–C) groups is 1. The van der Waals surface area contributed by atoms with Crippen LogP contribution >= 0.6 is 35.0 Å². The molecule has 0 aliphatic carbocycles. The van der Waals surface area contributed by atoms with Crippen LogP contribution in [-0.2, 0) is 9.53 Å². The number of nitrogens with zero attached hydrogens (tertiary/aromatic N) is 1. The topological polar surface area (TPSA) is 67.8 Å². The maximum absolute atomic E-state index is 12.2. The fraction of sp³-hybridized carbons (Fsp3) is 0.105. The van der Waals surface area contributed by atoms with E-state index >= 15 is 0 Å². The van der Waals surface area contributed by atoms with Crippen molar-refractivity contribution in [1.82, 2.24) is 5.32 Å². The number of rotatable bonds is 4. The molecule has 0 aromatic heterocycles. The van der Waals surface area contributed by atoms with Crippen molar-refractivity contribution in [1.29, 1.82) is 0 Å². The smallest absolute Gasteiger partial charge is 0.338 e. The average molecular weight is 421 g/mol. The van der Waals surface area contributed by atoms with Gasteiger partial charge < -0.3 is 10.1 Å². The van der Waals surface area contributed by atoms with E-state index in [0.717, 1.165) is 0 Å². The Morgan fingerprint density at radius 3 is 2.48 bits per heavy atom. The number of amides is 1. The van der Waals surface area contributed by atoms with Crippen LogP contribution in [0.3, 0.4) is 0 Å². The zero-order valence-corrected chi connectivity index (χ0v) is 16.5. The number of carbonyl (C=O) groups excluding carboxylic acids is 2. The lowest BCUT2D eigenvalue weighted by atomic mass is 10.2. The Bertz CT molecular complexity index is 936. The lowest BCUT2D eigenvalue weighted by molar-refractivity contribution is -0.115. The first-order valence-electron chi connectivity index (χ1n) is 7.98. The molecule has 138 valence electrons. The van der Waals surface area contributed by atoms with Gasteiger partial charge >= 0.3 is 5.97 Å². The second kappa shape index (κ2) is 8.61. The first kappa shape index (κ1) is 19.5. The lowest BCUT2D eigenvalue weighted by Crippen LogP contribution is -2.19. The number of ether oxygens (including phenoxy) is 1. The minimum atomic E-state index is -0.387. The van der Waals surface area contributed by atoms with Crippen LogP contribution in [0.25, 0.3) is 6.08 Å². The van der Waals surface area contributed by atoms with Crippen molar-refractivity contribution >= 4 is 63.8 Å². The van der Waals surface area contributed by atoms with Crippen LogP contribution in [0.2, 0.25) is 10.0 Å². The number of thioether (sulfide) groups is 1. The molecule has 0 radical (unpaired) electrons. The highest BCUT2D eigenvalue weighted by atomic mass is 35.5. The molecule has 1 saturated heterocycles. The van der Waals surface area contributed by atoms with Gasteiger partial charge in [0.2, 0.25) is 0 Å². The Morgan fingerprint density at radius 1 is 1.19 bits per heavy atom. The van der Waals surface area contributed by atoms with Crippen molar-refractivity contribution in [3.63, 3.8) is 0 Å². The van der Waals surface area contributed by atoms with Crippen LogP contribution in [0.4, 0.5) is 5.69 Å². The van der Waals surface area contributed by atoms with Gasteiger partial charge in [-0.15, -0.1) is 0 Å². The molecule has 1 fully saturated rings. The fourth-order valence-electron chi connectivity index (χ4n) is 2.26. The number of hydrogen-bond acceptors (Lipinski definition) is 5. The van der Waals surface area contributed by atoms with E-state index in [-0.39, 0.29) is 11.9 Å². The second-order valence-electron chi connectivity index (χ2n) is 5.38. The summed E-state index contributed by atoms with van der Waals surface area (Å²) in [6, 6.07) is 11.8. The van der Waals surface area contributed by atoms with Gasteiger partial charge in [0.1, 0.15) is 0 Å². The Hall–Kier alpha value is -2.28. The quantitative estimate of drug-likeness (QED) is 0.554. The van der Waals surface area contributed by atoms with Crippen LogP contribution in [0.15, 0.2) is 52.4 Å². The summed E-state index contributed by atoms with van der Waals surface area (Å²) in [6.07, 6.45) is 1.64. The van der Waals surface area contributed by atoms with Gasteiger partial charge in [0.25, 0.3) is 5.91 Å². The molecule has 8 heteroatoms. The van der Waals surface area contributed by atoms with E-state index in [1.54, 1.807) is 55.5 Å². The number of amidine groups is 1. The molecule has 1 aliphatic rings. The van der Waals surface area contributed by atoms with E-state index in [4.69, 9.17) is 27.9 Å². The molecule has 1 aliphatic heterocycles. The molecule has 0 bridgehead atoms. The Morgan fingerprint density at radius 2 is 1.85 bits per heavy atom. The molecule has 2 aromatic rings. The molecule has 27 heavy (non-hydrogen) atoms. The SMILES string of the molecule is CCOC(=O)c1ccc(N=C2NC(=O)/C(=C/c3c(Cl)cccc3Cl)S2)cc1. The number of benzene rings is 2. The zero-order chi connectivity index (χ0) is 19.4. The van der Waals surface area contributed by atoms with E-state index in [0.29, 0.717) is 43.5 Å². The predicted molar refractivity (Wildman–Crippen MR) is 110 cm³/mol. The third kappa shape index (κ3) is 4.71. The van der Waals surface area contributed by atoms with E-state index < -0.39 is 0 Å². The summed E-state index contributed by atoms with van der Waals surface area (Å²) in [6.45, 7) is 2.06. The monoisotopic (exact) mass is 420 g/mol. The molecular formula is C19H14Cl2N2O3S. The van der Waals surface area contributed by atoms with E-state index in [1.807, 2.05) is 0 Å². The fourth-order valence-corrected chi connectivity index (χ4v) is 3.59. The van der Waals surface area contributed by atoms with Crippen molar-refractivity contribution in [3.8, 4) is 0 Å². The predicted octanol–water partition coefficient (Wildman–Crippen LogP) is 5.06. The van der Waals surface area contributed by atoms with Gasteiger partial charge in [0.15, 0.2) is 5.17 Å². The molecule has 2 aromatic carbocycles. The molecular weight excluding hydrogens is 407 g/mol. The summed E-state index contributed by atoms with van der Waals surface area (Å²) in [7, 11) is 0. The van der Waals surface area contributed by atoms with Crippen LogP contribution in [0.1, 0.15) is 22.8 Å². The van der Waals surface area contributed by atoms with Crippen molar-refractivity contribution in [2.24, 2.45) is 4.99 Å². The summed E-state index contributed by atoms with van der Waals surface area (Å²) >= 11 is 13.5. The van der Waals surface area contributed by atoms with E-state index in [1.165, 1.54) is 11.8 Å². The summed E-state index contributed by atoms with van der Waals surface area (Å²) in [5.74, 6) is -0.667. The van der Waals surface area contributed by atoms with Gasteiger partial charge in [-0.05, 0) is 61.2 Å². The third-order valence-electron chi connectivity index (χ3n) is 3.54.